The predicted octanol–water partition coefficient (Wildman–Crippen LogP) is 5.10. The predicted molar refractivity (Wildman–Crippen MR) is 105 cm³/mol. The molecule has 0 atom stereocenters. The molecule has 0 aliphatic rings. The molecule has 0 amide bonds. The molecular weight excluding hydrogens is 312 g/mol. The third-order valence-corrected chi connectivity index (χ3v) is 5.31. The largest absolute Gasteiger partial charge is 0.300 e. The fourth-order valence-electron chi connectivity index (χ4n) is 2.46. The summed E-state index contributed by atoms with van der Waals surface area (Å²) in [5, 5.41) is 5.02. The SMILES string of the molecule is CC(=O)CC/C(=N/N(c1ccccc1)[Si](C)(C)C)c1ccccc1. The maximum Gasteiger partial charge on any atom is 0.176 e. The van der Waals surface area contributed by atoms with E-state index in [1.807, 2.05) is 36.4 Å². The second-order valence-electron chi connectivity index (χ2n) is 6.93. The molecule has 4 heteroatoms. The first-order valence-corrected chi connectivity index (χ1v) is 11.8. The average molecular weight is 339 g/mol. The zero-order valence-electron chi connectivity index (χ0n) is 15.0. The molecule has 0 spiro atoms. The smallest absolute Gasteiger partial charge is 0.176 e. The molecule has 3 nitrogen and oxygen atoms in total. The van der Waals surface area contributed by atoms with Crippen molar-refractivity contribution in [1.29, 1.82) is 0 Å². The van der Waals surface area contributed by atoms with E-state index in [0.717, 1.165) is 17.0 Å². The molecule has 24 heavy (non-hydrogen) atoms. The first-order valence-electron chi connectivity index (χ1n) is 8.35. The van der Waals surface area contributed by atoms with Gasteiger partial charge in [0.15, 0.2) is 8.24 Å². The van der Waals surface area contributed by atoms with Crippen molar-refractivity contribution in [1.82, 2.24) is 0 Å². The summed E-state index contributed by atoms with van der Waals surface area (Å²) in [6.45, 7) is 8.46. The van der Waals surface area contributed by atoms with Crippen molar-refractivity contribution >= 4 is 25.4 Å². The molecule has 0 unspecified atom stereocenters. The van der Waals surface area contributed by atoms with Gasteiger partial charge in [0, 0.05) is 12.1 Å². The van der Waals surface area contributed by atoms with Gasteiger partial charge in [-0.25, -0.2) is 0 Å². The lowest BCUT2D eigenvalue weighted by molar-refractivity contribution is -0.116. The van der Waals surface area contributed by atoms with E-state index in [-0.39, 0.29) is 5.78 Å². The van der Waals surface area contributed by atoms with E-state index in [1.165, 1.54) is 0 Å². The van der Waals surface area contributed by atoms with Crippen molar-refractivity contribution < 1.29 is 4.79 Å². The molecule has 2 aromatic carbocycles. The van der Waals surface area contributed by atoms with Crippen LogP contribution in [0.5, 0.6) is 0 Å². The number of nitrogens with zero attached hydrogens (tertiary/aromatic N) is 2. The number of anilines is 1. The fourth-order valence-corrected chi connectivity index (χ4v) is 3.81. The Morgan fingerprint density at radius 1 is 0.917 bits per heavy atom. The standard InChI is InChI=1S/C20H26N2OSi/c1-17(23)15-16-20(18-11-7-5-8-12-18)21-22(24(2,3)4)19-13-9-6-10-14-19/h5-14H,15-16H2,1-4H3/b21-20-. The van der Waals surface area contributed by atoms with Crippen LogP contribution in [-0.4, -0.2) is 19.7 Å². The molecule has 0 saturated carbocycles. The van der Waals surface area contributed by atoms with E-state index in [2.05, 4.69) is 48.6 Å². The van der Waals surface area contributed by atoms with Crippen LogP contribution in [-0.2, 0) is 4.79 Å². The summed E-state index contributed by atoms with van der Waals surface area (Å²) in [6.07, 6.45) is 1.18. The lowest BCUT2D eigenvalue weighted by atomic mass is 10.0. The highest BCUT2D eigenvalue weighted by Crippen LogP contribution is 2.23. The van der Waals surface area contributed by atoms with Crippen molar-refractivity contribution in [2.24, 2.45) is 5.10 Å². The van der Waals surface area contributed by atoms with Gasteiger partial charge in [-0.2, -0.15) is 5.10 Å². The number of rotatable bonds is 7. The Balaban J connectivity index is 2.45. The van der Waals surface area contributed by atoms with Gasteiger partial charge >= 0.3 is 0 Å². The van der Waals surface area contributed by atoms with Gasteiger partial charge in [0.2, 0.25) is 0 Å². The Kier molecular flexibility index (Phi) is 6.09. The summed E-state index contributed by atoms with van der Waals surface area (Å²) >= 11 is 0. The highest BCUT2D eigenvalue weighted by atomic mass is 28.3. The first kappa shape index (κ1) is 18.1. The van der Waals surface area contributed by atoms with Crippen molar-refractivity contribution in [2.75, 3.05) is 4.67 Å². The topological polar surface area (TPSA) is 32.7 Å². The number of Topliss-reactive ketones (excluding diaryl/α,β-unsaturated/α-hetero) is 1. The van der Waals surface area contributed by atoms with E-state index in [9.17, 15) is 4.79 Å². The van der Waals surface area contributed by atoms with Crippen LogP contribution in [0.2, 0.25) is 19.6 Å². The molecule has 0 radical (unpaired) electrons. The van der Waals surface area contributed by atoms with Crippen molar-refractivity contribution in [2.45, 2.75) is 39.4 Å². The van der Waals surface area contributed by atoms with E-state index in [4.69, 9.17) is 5.10 Å². The quantitative estimate of drug-likeness (QED) is 0.399. The van der Waals surface area contributed by atoms with Gasteiger partial charge < -0.3 is 4.79 Å². The molecule has 2 aromatic rings. The zero-order chi connectivity index (χ0) is 17.6. The molecule has 0 saturated heterocycles. The minimum atomic E-state index is -1.72. The summed E-state index contributed by atoms with van der Waals surface area (Å²) in [6, 6.07) is 20.4. The number of hydrogen-bond acceptors (Lipinski definition) is 3. The molecule has 0 aliphatic carbocycles. The van der Waals surface area contributed by atoms with Crippen LogP contribution < -0.4 is 4.67 Å². The number of carbonyl (C=O) groups is 1. The Hall–Kier alpha value is -2.20. The Labute approximate surface area is 146 Å². The number of carbonyl (C=O) groups excluding carboxylic acids is 1. The van der Waals surface area contributed by atoms with Crippen molar-refractivity contribution in [3.63, 3.8) is 0 Å². The summed E-state index contributed by atoms with van der Waals surface area (Å²) in [5.41, 5.74) is 3.16. The molecule has 126 valence electrons. The summed E-state index contributed by atoms with van der Waals surface area (Å²) in [7, 11) is -1.72. The maximum absolute atomic E-state index is 11.5. The molecule has 0 N–H and O–H groups in total. The van der Waals surface area contributed by atoms with Crippen LogP contribution in [0.15, 0.2) is 65.8 Å². The maximum atomic E-state index is 11.5. The van der Waals surface area contributed by atoms with Gasteiger partial charge in [-0.3, -0.25) is 4.67 Å². The second-order valence-corrected chi connectivity index (χ2v) is 11.7. The third kappa shape index (κ3) is 5.17. The number of hydrazone groups is 1. The Bertz CT molecular complexity index is 691. The molecule has 0 aliphatic heterocycles. The van der Waals surface area contributed by atoms with Gasteiger partial charge in [-0.15, -0.1) is 0 Å². The Morgan fingerprint density at radius 3 is 1.96 bits per heavy atom. The number of ketones is 1. The Morgan fingerprint density at radius 2 is 1.46 bits per heavy atom. The third-order valence-electron chi connectivity index (χ3n) is 3.68. The number of hydrogen-bond donors (Lipinski definition) is 0. The van der Waals surface area contributed by atoms with Crippen molar-refractivity contribution in [3.05, 3.63) is 66.2 Å². The minimum Gasteiger partial charge on any atom is -0.300 e. The monoisotopic (exact) mass is 338 g/mol. The van der Waals surface area contributed by atoms with Gasteiger partial charge in [0.25, 0.3) is 0 Å². The van der Waals surface area contributed by atoms with E-state index in [1.54, 1.807) is 6.92 Å². The molecule has 0 bridgehead atoms. The van der Waals surface area contributed by atoms with Crippen LogP contribution in [0, 0.1) is 0 Å². The van der Waals surface area contributed by atoms with Crippen LogP contribution >= 0.6 is 0 Å². The van der Waals surface area contributed by atoms with E-state index >= 15 is 0 Å². The highest BCUT2D eigenvalue weighted by Gasteiger charge is 2.25. The second kappa shape index (κ2) is 8.06. The summed E-state index contributed by atoms with van der Waals surface area (Å²) < 4.78 is 2.18. The molecule has 2 rings (SSSR count). The normalized spacial score (nSPS) is 12.1. The average Bonchev–Trinajstić information content (AvgIpc) is 2.55. The zero-order valence-corrected chi connectivity index (χ0v) is 16.0. The van der Waals surface area contributed by atoms with Crippen LogP contribution in [0.1, 0.15) is 25.3 Å². The minimum absolute atomic E-state index is 0.192. The van der Waals surface area contributed by atoms with Gasteiger partial charge in [0.1, 0.15) is 5.78 Å². The number of para-hydroxylation sites is 1. The number of benzene rings is 2. The molecular formula is C20H26N2OSi. The molecule has 0 aromatic heterocycles. The van der Waals surface area contributed by atoms with E-state index in [0.29, 0.717) is 12.8 Å². The van der Waals surface area contributed by atoms with Crippen LogP contribution in [0.25, 0.3) is 0 Å². The molecule has 0 heterocycles. The van der Waals surface area contributed by atoms with Crippen LogP contribution in [0.3, 0.4) is 0 Å². The summed E-state index contributed by atoms with van der Waals surface area (Å²) in [4.78, 5) is 11.5. The van der Waals surface area contributed by atoms with Gasteiger partial charge in [0.05, 0.1) is 5.71 Å². The van der Waals surface area contributed by atoms with Gasteiger partial charge in [-0.1, -0.05) is 48.5 Å². The lowest BCUT2D eigenvalue weighted by Crippen LogP contribution is -2.43. The lowest BCUT2D eigenvalue weighted by Gasteiger charge is -2.32. The molecule has 0 fully saturated rings. The first-order chi connectivity index (χ1) is 11.4. The van der Waals surface area contributed by atoms with Crippen molar-refractivity contribution in [3.8, 4) is 0 Å². The van der Waals surface area contributed by atoms with E-state index < -0.39 is 8.24 Å². The fraction of sp³-hybridized carbons (Fsp3) is 0.300. The highest BCUT2D eigenvalue weighted by molar-refractivity contribution is 6.79. The summed E-state index contributed by atoms with van der Waals surface area (Å²) in [5.74, 6) is 0.192. The van der Waals surface area contributed by atoms with Gasteiger partial charge in [-0.05, 0) is 50.7 Å². The van der Waals surface area contributed by atoms with Crippen LogP contribution in [0.4, 0.5) is 5.69 Å².